The van der Waals surface area contributed by atoms with Gasteiger partial charge in [-0.1, -0.05) is 6.07 Å². The van der Waals surface area contributed by atoms with Crippen molar-refractivity contribution in [2.45, 2.75) is 32.4 Å². The first-order valence-electron chi connectivity index (χ1n) is 7.59. The molecule has 3 rings (SSSR count). The number of nitrogens with zero attached hydrogens (tertiary/aromatic N) is 2. The summed E-state index contributed by atoms with van der Waals surface area (Å²) in [6.45, 7) is 3.48. The number of carbonyl (C=O) groups is 2. The van der Waals surface area contributed by atoms with Crippen molar-refractivity contribution in [1.82, 2.24) is 4.90 Å². The number of ether oxygens (including phenoxy) is 1. The Bertz CT molecular complexity index is 596. The van der Waals surface area contributed by atoms with Crippen LogP contribution in [-0.4, -0.2) is 43.1 Å². The highest BCUT2D eigenvalue weighted by Gasteiger charge is 2.30. The van der Waals surface area contributed by atoms with Gasteiger partial charge in [-0.3, -0.25) is 9.69 Å². The molecule has 1 N–H and O–H groups in total. The lowest BCUT2D eigenvalue weighted by atomic mass is 10.1. The predicted octanol–water partition coefficient (Wildman–Crippen LogP) is 2.20. The second-order valence-corrected chi connectivity index (χ2v) is 5.88. The van der Waals surface area contributed by atoms with Crippen molar-refractivity contribution < 1.29 is 14.3 Å². The third-order valence-corrected chi connectivity index (χ3v) is 4.13. The molecule has 0 bridgehead atoms. The quantitative estimate of drug-likeness (QED) is 0.931. The minimum Gasteiger partial charge on any atom is -0.376 e. The van der Waals surface area contributed by atoms with Crippen molar-refractivity contribution in [3.8, 4) is 0 Å². The molecule has 1 atom stereocenters. The van der Waals surface area contributed by atoms with E-state index in [2.05, 4.69) is 5.32 Å². The molecule has 1 unspecified atom stereocenters. The van der Waals surface area contributed by atoms with Gasteiger partial charge in [0.15, 0.2) is 0 Å². The zero-order valence-electron chi connectivity index (χ0n) is 13.0. The summed E-state index contributed by atoms with van der Waals surface area (Å²) < 4.78 is 5.63. The molecule has 1 saturated heterocycles. The number of urea groups is 1. The fourth-order valence-electron chi connectivity index (χ4n) is 3.06. The first-order valence-corrected chi connectivity index (χ1v) is 7.59. The molecule has 3 amide bonds. The van der Waals surface area contributed by atoms with Gasteiger partial charge in [-0.15, -0.1) is 0 Å². The van der Waals surface area contributed by atoms with Crippen molar-refractivity contribution in [2.75, 3.05) is 30.4 Å². The number of hydrogen-bond acceptors (Lipinski definition) is 3. The van der Waals surface area contributed by atoms with Crippen LogP contribution in [-0.2, 0) is 16.1 Å². The van der Waals surface area contributed by atoms with Gasteiger partial charge in [0.25, 0.3) is 0 Å². The minimum atomic E-state index is -0.121. The fraction of sp³-hybridized carbons (Fsp3) is 0.500. The molecule has 0 spiro atoms. The van der Waals surface area contributed by atoms with Crippen molar-refractivity contribution in [3.05, 3.63) is 23.8 Å². The molecule has 2 aliphatic rings. The minimum absolute atomic E-state index is 0.0250. The Balaban J connectivity index is 1.79. The number of nitrogens with one attached hydrogen (secondary N) is 1. The third kappa shape index (κ3) is 2.92. The van der Waals surface area contributed by atoms with Crippen molar-refractivity contribution in [3.63, 3.8) is 0 Å². The van der Waals surface area contributed by atoms with Crippen LogP contribution < -0.4 is 10.2 Å². The summed E-state index contributed by atoms with van der Waals surface area (Å²) in [5.74, 6) is -0.121. The number of benzene rings is 1. The lowest BCUT2D eigenvalue weighted by Gasteiger charge is -2.36. The summed E-state index contributed by atoms with van der Waals surface area (Å²) in [6, 6.07) is 5.65. The van der Waals surface area contributed by atoms with Crippen LogP contribution in [0.25, 0.3) is 0 Å². The van der Waals surface area contributed by atoms with Gasteiger partial charge in [-0.25, -0.2) is 4.79 Å². The van der Waals surface area contributed by atoms with E-state index in [1.807, 2.05) is 23.1 Å². The molecule has 1 fully saturated rings. The second kappa shape index (κ2) is 5.96. The van der Waals surface area contributed by atoms with Crippen LogP contribution in [0, 0.1) is 0 Å². The summed E-state index contributed by atoms with van der Waals surface area (Å²) in [5.41, 5.74) is 2.63. The molecule has 0 aromatic heterocycles. The van der Waals surface area contributed by atoms with E-state index in [-0.39, 0.29) is 18.0 Å². The van der Waals surface area contributed by atoms with Crippen molar-refractivity contribution in [2.24, 2.45) is 0 Å². The second-order valence-electron chi connectivity index (χ2n) is 5.88. The molecule has 2 heterocycles. The first-order chi connectivity index (χ1) is 10.5. The van der Waals surface area contributed by atoms with Gasteiger partial charge in [-0.2, -0.15) is 0 Å². The van der Waals surface area contributed by atoms with Crippen LogP contribution >= 0.6 is 0 Å². The average molecular weight is 303 g/mol. The van der Waals surface area contributed by atoms with Gasteiger partial charge in [0.2, 0.25) is 5.91 Å². The molecular weight excluding hydrogens is 282 g/mol. The van der Waals surface area contributed by atoms with Gasteiger partial charge in [-0.05, 0) is 30.5 Å². The van der Waals surface area contributed by atoms with Gasteiger partial charge in [0.05, 0.1) is 11.8 Å². The summed E-state index contributed by atoms with van der Waals surface area (Å²) in [5, 5.41) is 2.75. The van der Waals surface area contributed by atoms with Gasteiger partial charge in [0.1, 0.15) is 0 Å². The molecule has 118 valence electrons. The number of anilines is 2. The maximum atomic E-state index is 12.5. The normalized spacial score (nSPS) is 21.0. The van der Waals surface area contributed by atoms with E-state index in [4.69, 9.17) is 4.74 Å². The number of amides is 3. The largest absolute Gasteiger partial charge is 0.376 e. The van der Waals surface area contributed by atoms with Gasteiger partial charge >= 0.3 is 6.03 Å². The molecule has 0 aliphatic carbocycles. The average Bonchev–Trinajstić information content (AvgIpc) is 2.97. The molecule has 1 aromatic carbocycles. The van der Waals surface area contributed by atoms with Crippen LogP contribution in [0.3, 0.4) is 0 Å². The van der Waals surface area contributed by atoms with Crippen molar-refractivity contribution in [1.29, 1.82) is 0 Å². The number of hydrogen-bond donors (Lipinski definition) is 1. The molecule has 1 aromatic rings. The van der Waals surface area contributed by atoms with Crippen LogP contribution in [0.5, 0.6) is 0 Å². The van der Waals surface area contributed by atoms with Crippen LogP contribution in [0.1, 0.15) is 25.3 Å². The molecular formula is C16H21N3O3. The first kappa shape index (κ1) is 14.8. The van der Waals surface area contributed by atoms with E-state index in [9.17, 15) is 9.59 Å². The van der Waals surface area contributed by atoms with Crippen LogP contribution in [0.15, 0.2) is 18.2 Å². The molecule has 6 nitrogen and oxygen atoms in total. The lowest BCUT2D eigenvalue weighted by Crippen LogP contribution is -2.47. The maximum Gasteiger partial charge on any atom is 0.324 e. The van der Waals surface area contributed by atoms with Gasteiger partial charge < -0.3 is 15.0 Å². The SMILES string of the molecule is CC(=O)Nc1ccc2c(c1)N(C)C(=O)N(CC1CCCO1)C2. The van der Waals surface area contributed by atoms with E-state index in [1.165, 1.54) is 6.92 Å². The highest BCUT2D eigenvalue weighted by molar-refractivity contribution is 5.96. The maximum absolute atomic E-state index is 12.5. The molecule has 0 saturated carbocycles. The fourth-order valence-corrected chi connectivity index (χ4v) is 3.06. The van der Waals surface area contributed by atoms with E-state index in [0.717, 1.165) is 30.7 Å². The molecule has 6 heteroatoms. The molecule has 2 aliphatic heterocycles. The Kier molecular flexibility index (Phi) is 4.02. The Morgan fingerprint density at radius 1 is 1.45 bits per heavy atom. The van der Waals surface area contributed by atoms with Gasteiger partial charge in [0, 0.05) is 39.4 Å². The Morgan fingerprint density at radius 2 is 2.27 bits per heavy atom. The monoisotopic (exact) mass is 303 g/mol. The summed E-state index contributed by atoms with van der Waals surface area (Å²) in [4.78, 5) is 27.1. The Labute approximate surface area is 130 Å². The third-order valence-electron chi connectivity index (χ3n) is 4.13. The van der Waals surface area contributed by atoms with Crippen LogP contribution in [0.2, 0.25) is 0 Å². The zero-order valence-corrected chi connectivity index (χ0v) is 13.0. The number of fused-ring (bicyclic) bond motifs is 1. The smallest absolute Gasteiger partial charge is 0.324 e. The zero-order chi connectivity index (χ0) is 15.7. The molecule has 0 radical (unpaired) electrons. The number of carbonyl (C=O) groups excluding carboxylic acids is 2. The highest BCUT2D eigenvalue weighted by Crippen LogP contribution is 2.31. The topological polar surface area (TPSA) is 61.9 Å². The summed E-state index contributed by atoms with van der Waals surface area (Å²) in [7, 11) is 1.76. The van der Waals surface area contributed by atoms with E-state index in [1.54, 1.807) is 11.9 Å². The Morgan fingerprint density at radius 3 is 2.95 bits per heavy atom. The lowest BCUT2D eigenvalue weighted by molar-refractivity contribution is -0.114. The standard InChI is InChI=1S/C16H21N3O3/c1-11(20)17-13-6-5-12-9-19(10-14-4-3-7-22-14)16(21)18(2)15(12)8-13/h5-6,8,14H,3-4,7,9-10H2,1-2H3,(H,17,20). The van der Waals surface area contributed by atoms with E-state index < -0.39 is 0 Å². The van der Waals surface area contributed by atoms with Crippen molar-refractivity contribution >= 4 is 23.3 Å². The van der Waals surface area contributed by atoms with Crippen LogP contribution in [0.4, 0.5) is 16.2 Å². The summed E-state index contributed by atoms with van der Waals surface area (Å²) in [6.07, 6.45) is 2.23. The Hall–Kier alpha value is -2.08. The highest BCUT2D eigenvalue weighted by atomic mass is 16.5. The number of rotatable bonds is 3. The van der Waals surface area contributed by atoms with E-state index >= 15 is 0 Å². The molecule has 22 heavy (non-hydrogen) atoms. The van der Waals surface area contributed by atoms with E-state index in [0.29, 0.717) is 18.8 Å². The predicted molar refractivity (Wildman–Crippen MR) is 83.9 cm³/mol. The summed E-state index contributed by atoms with van der Waals surface area (Å²) >= 11 is 0.